The van der Waals surface area contributed by atoms with Crippen LogP contribution in [-0.4, -0.2) is 22.8 Å². The molecule has 1 atom stereocenters. The quantitative estimate of drug-likeness (QED) is 0.714. The van der Waals surface area contributed by atoms with Crippen LogP contribution in [0.4, 0.5) is 0 Å². The van der Waals surface area contributed by atoms with Crippen LogP contribution < -0.4 is 0 Å². The third kappa shape index (κ3) is 4.85. The number of aryl methyl sites for hydroxylation is 1. The topological polar surface area (TPSA) is 57.5 Å². The van der Waals surface area contributed by atoms with Crippen molar-refractivity contribution < 1.29 is 15.0 Å². The third-order valence-corrected chi connectivity index (χ3v) is 4.34. The number of carboxylic acid groups (broad SMARTS) is 1. The van der Waals surface area contributed by atoms with Gasteiger partial charge < -0.3 is 10.2 Å². The molecule has 21 heavy (non-hydrogen) atoms. The summed E-state index contributed by atoms with van der Waals surface area (Å²) in [5, 5.41) is 18.9. The van der Waals surface area contributed by atoms with E-state index >= 15 is 0 Å². The van der Waals surface area contributed by atoms with Crippen LogP contribution in [0, 0.1) is 12.3 Å². The Bertz CT molecular complexity index is 479. The van der Waals surface area contributed by atoms with Gasteiger partial charge in [-0.25, -0.2) is 0 Å². The van der Waals surface area contributed by atoms with Gasteiger partial charge in [0, 0.05) is 6.61 Å². The molecule has 1 unspecified atom stereocenters. The first kappa shape index (κ1) is 17.7. The highest BCUT2D eigenvalue weighted by Gasteiger charge is 2.34. The molecule has 0 heterocycles. The molecule has 0 aromatic heterocycles. The van der Waals surface area contributed by atoms with Gasteiger partial charge in [-0.05, 0) is 37.7 Å². The number of unbranched alkanes of at least 4 members (excludes halogenated alkanes) is 1. The first-order chi connectivity index (χ1) is 9.71. The summed E-state index contributed by atoms with van der Waals surface area (Å²) >= 11 is 0. The number of benzene rings is 1. The molecule has 0 saturated heterocycles. The highest BCUT2D eigenvalue weighted by Crippen LogP contribution is 2.32. The lowest BCUT2D eigenvalue weighted by molar-refractivity contribution is -0.143. The van der Waals surface area contributed by atoms with Gasteiger partial charge in [-0.2, -0.15) is 0 Å². The maximum absolute atomic E-state index is 11.7. The fourth-order valence-corrected chi connectivity index (χ4v) is 2.52. The van der Waals surface area contributed by atoms with Crippen LogP contribution in [0.25, 0.3) is 0 Å². The van der Waals surface area contributed by atoms with Gasteiger partial charge in [0.1, 0.15) is 0 Å². The van der Waals surface area contributed by atoms with E-state index in [9.17, 15) is 15.0 Å². The Morgan fingerprint density at radius 3 is 2.29 bits per heavy atom. The van der Waals surface area contributed by atoms with E-state index in [0.717, 1.165) is 30.4 Å². The van der Waals surface area contributed by atoms with E-state index in [1.165, 1.54) is 0 Å². The highest BCUT2D eigenvalue weighted by molar-refractivity contribution is 5.80. The SMILES string of the molecule is Cc1cccc(C(C)(CCCCC(C)(C)CO)C(=O)O)c1. The molecule has 0 spiro atoms. The van der Waals surface area contributed by atoms with Gasteiger partial charge in [-0.15, -0.1) is 0 Å². The summed E-state index contributed by atoms with van der Waals surface area (Å²) in [5.41, 5.74) is 1.04. The molecule has 0 amide bonds. The van der Waals surface area contributed by atoms with Crippen LogP contribution in [0.3, 0.4) is 0 Å². The minimum Gasteiger partial charge on any atom is -0.481 e. The van der Waals surface area contributed by atoms with Crippen LogP contribution >= 0.6 is 0 Å². The zero-order chi connectivity index (χ0) is 16.1. The van der Waals surface area contributed by atoms with Crippen molar-refractivity contribution in [3.63, 3.8) is 0 Å². The lowest BCUT2D eigenvalue weighted by atomic mass is 9.77. The Labute approximate surface area is 128 Å². The van der Waals surface area contributed by atoms with Crippen LogP contribution in [-0.2, 0) is 10.2 Å². The van der Waals surface area contributed by atoms with Crippen molar-refractivity contribution >= 4 is 5.97 Å². The molecule has 2 N–H and O–H groups in total. The van der Waals surface area contributed by atoms with Crippen molar-refractivity contribution in [1.82, 2.24) is 0 Å². The fourth-order valence-electron chi connectivity index (χ4n) is 2.52. The Kier molecular flexibility index (Phi) is 5.97. The first-order valence-electron chi connectivity index (χ1n) is 7.63. The van der Waals surface area contributed by atoms with E-state index in [1.807, 2.05) is 45.0 Å². The van der Waals surface area contributed by atoms with Gasteiger partial charge in [0.05, 0.1) is 5.41 Å². The van der Waals surface area contributed by atoms with Gasteiger partial charge in [0.2, 0.25) is 0 Å². The van der Waals surface area contributed by atoms with Gasteiger partial charge in [-0.3, -0.25) is 4.79 Å². The second kappa shape index (κ2) is 7.08. The van der Waals surface area contributed by atoms with Crippen molar-refractivity contribution in [2.24, 2.45) is 5.41 Å². The Hall–Kier alpha value is -1.35. The standard InChI is InChI=1S/C18H28O3/c1-14-8-7-9-15(12-14)18(4,16(20)21)11-6-5-10-17(2,3)13-19/h7-9,12,19H,5-6,10-11,13H2,1-4H3,(H,20,21). The molecule has 1 aromatic rings. The van der Waals surface area contributed by atoms with Crippen LogP contribution in [0.2, 0.25) is 0 Å². The third-order valence-electron chi connectivity index (χ3n) is 4.34. The number of aliphatic carboxylic acids is 1. The Balaban J connectivity index is 2.72. The molecule has 0 radical (unpaired) electrons. The first-order valence-corrected chi connectivity index (χ1v) is 7.63. The number of hydrogen-bond donors (Lipinski definition) is 2. The largest absolute Gasteiger partial charge is 0.481 e. The summed E-state index contributed by atoms with van der Waals surface area (Å²) in [7, 11) is 0. The lowest BCUT2D eigenvalue weighted by Crippen LogP contribution is -2.32. The lowest BCUT2D eigenvalue weighted by Gasteiger charge is -2.27. The van der Waals surface area contributed by atoms with Crippen molar-refractivity contribution in [3.05, 3.63) is 35.4 Å². The van der Waals surface area contributed by atoms with E-state index in [1.54, 1.807) is 6.92 Å². The summed E-state index contributed by atoms with van der Waals surface area (Å²) in [4.78, 5) is 11.7. The summed E-state index contributed by atoms with van der Waals surface area (Å²) < 4.78 is 0. The van der Waals surface area contributed by atoms with Gasteiger partial charge in [0.25, 0.3) is 0 Å². The fraction of sp³-hybridized carbons (Fsp3) is 0.611. The van der Waals surface area contributed by atoms with Crippen molar-refractivity contribution in [2.75, 3.05) is 6.61 Å². The maximum Gasteiger partial charge on any atom is 0.313 e. The smallest absolute Gasteiger partial charge is 0.313 e. The zero-order valence-electron chi connectivity index (χ0n) is 13.6. The predicted octanol–water partition coefficient (Wildman–Crippen LogP) is 3.92. The van der Waals surface area contributed by atoms with E-state index < -0.39 is 11.4 Å². The molecule has 3 heteroatoms. The molecule has 0 aliphatic rings. The summed E-state index contributed by atoms with van der Waals surface area (Å²) in [6.07, 6.45) is 3.31. The molecule has 0 bridgehead atoms. The molecular weight excluding hydrogens is 264 g/mol. The van der Waals surface area contributed by atoms with Crippen molar-refractivity contribution in [3.8, 4) is 0 Å². The van der Waals surface area contributed by atoms with E-state index in [0.29, 0.717) is 6.42 Å². The molecule has 118 valence electrons. The molecule has 1 aromatic carbocycles. The zero-order valence-corrected chi connectivity index (χ0v) is 13.6. The molecule has 0 aliphatic heterocycles. The monoisotopic (exact) mass is 292 g/mol. The average molecular weight is 292 g/mol. The molecule has 1 rings (SSSR count). The minimum absolute atomic E-state index is 0.0804. The van der Waals surface area contributed by atoms with Gasteiger partial charge >= 0.3 is 5.97 Å². The molecule has 3 nitrogen and oxygen atoms in total. The second-order valence-corrected chi connectivity index (χ2v) is 7.04. The summed E-state index contributed by atoms with van der Waals surface area (Å²) in [6, 6.07) is 7.76. The Morgan fingerprint density at radius 1 is 1.14 bits per heavy atom. The van der Waals surface area contributed by atoms with Crippen molar-refractivity contribution in [1.29, 1.82) is 0 Å². The molecular formula is C18H28O3. The van der Waals surface area contributed by atoms with E-state index in [2.05, 4.69) is 0 Å². The van der Waals surface area contributed by atoms with Crippen molar-refractivity contribution in [2.45, 2.75) is 58.8 Å². The van der Waals surface area contributed by atoms with E-state index in [4.69, 9.17) is 0 Å². The average Bonchev–Trinajstić information content (AvgIpc) is 2.43. The van der Waals surface area contributed by atoms with E-state index in [-0.39, 0.29) is 12.0 Å². The number of hydrogen-bond acceptors (Lipinski definition) is 2. The number of rotatable bonds is 8. The molecule has 0 fully saturated rings. The Morgan fingerprint density at radius 2 is 1.76 bits per heavy atom. The van der Waals surface area contributed by atoms with Gasteiger partial charge in [-0.1, -0.05) is 56.5 Å². The normalized spacial score (nSPS) is 14.7. The number of carboxylic acids is 1. The van der Waals surface area contributed by atoms with Crippen LogP contribution in [0.5, 0.6) is 0 Å². The summed E-state index contributed by atoms with van der Waals surface area (Å²) in [5.74, 6) is -0.769. The number of aliphatic hydroxyl groups excluding tert-OH is 1. The predicted molar refractivity (Wildman–Crippen MR) is 85.5 cm³/mol. The maximum atomic E-state index is 11.7. The second-order valence-electron chi connectivity index (χ2n) is 7.04. The molecule has 0 saturated carbocycles. The van der Waals surface area contributed by atoms with Crippen LogP contribution in [0.1, 0.15) is 57.6 Å². The number of carbonyl (C=O) groups is 1. The number of aliphatic hydroxyl groups is 1. The molecule has 0 aliphatic carbocycles. The summed E-state index contributed by atoms with van der Waals surface area (Å²) in [6.45, 7) is 8.02. The highest BCUT2D eigenvalue weighted by atomic mass is 16.4. The minimum atomic E-state index is -0.838. The van der Waals surface area contributed by atoms with Gasteiger partial charge in [0.15, 0.2) is 0 Å². The van der Waals surface area contributed by atoms with Crippen LogP contribution in [0.15, 0.2) is 24.3 Å².